The molecule has 0 atom stereocenters. The van der Waals surface area contributed by atoms with Crippen molar-refractivity contribution in [2.75, 3.05) is 0 Å². The highest BCUT2D eigenvalue weighted by Crippen LogP contribution is 2.42. The Balaban J connectivity index is 1.61. The molecule has 134 valence electrons. The van der Waals surface area contributed by atoms with E-state index < -0.39 is 0 Å². The fraction of sp³-hybridized carbons (Fsp3) is 0.316. The molecule has 1 aliphatic rings. The summed E-state index contributed by atoms with van der Waals surface area (Å²) < 4.78 is 1.86. The maximum absolute atomic E-state index is 12.7. The van der Waals surface area contributed by atoms with Gasteiger partial charge in [-0.3, -0.25) is 4.79 Å². The van der Waals surface area contributed by atoms with Gasteiger partial charge in [0, 0.05) is 22.0 Å². The Morgan fingerprint density at radius 3 is 2.81 bits per heavy atom. The monoisotopic (exact) mass is 386 g/mol. The van der Waals surface area contributed by atoms with Gasteiger partial charge in [-0.05, 0) is 44.4 Å². The molecule has 0 spiro atoms. The van der Waals surface area contributed by atoms with Crippen molar-refractivity contribution >= 4 is 28.8 Å². The van der Waals surface area contributed by atoms with Gasteiger partial charge in [-0.1, -0.05) is 17.7 Å². The molecular formula is C19H19ClN4OS. The number of hydrogen-bond acceptors (Lipinski definition) is 4. The van der Waals surface area contributed by atoms with Crippen molar-refractivity contribution in [2.45, 2.75) is 39.2 Å². The number of thiazole rings is 1. The van der Waals surface area contributed by atoms with Gasteiger partial charge >= 0.3 is 0 Å². The van der Waals surface area contributed by atoms with E-state index in [1.807, 2.05) is 36.7 Å². The van der Waals surface area contributed by atoms with Gasteiger partial charge in [0.15, 0.2) is 0 Å². The predicted octanol–water partition coefficient (Wildman–Crippen LogP) is 4.41. The molecule has 2 heterocycles. The molecule has 0 unspecified atom stereocenters. The summed E-state index contributed by atoms with van der Waals surface area (Å²) in [6.07, 6.45) is 5.63. The minimum Gasteiger partial charge on any atom is -0.347 e. The Labute approximate surface area is 161 Å². The number of aromatic nitrogens is 3. The third kappa shape index (κ3) is 3.39. The third-order valence-corrected chi connectivity index (χ3v) is 5.83. The number of carbonyl (C=O) groups excluding carboxylic acids is 1. The Morgan fingerprint density at radius 1 is 1.35 bits per heavy atom. The topological polar surface area (TPSA) is 59.8 Å². The maximum Gasteiger partial charge on any atom is 0.255 e. The number of halogens is 1. The summed E-state index contributed by atoms with van der Waals surface area (Å²) >= 11 is 7.87. The van der Waals surface area contributed by atoms with Gasteiger partial charge in [0.25, 0.3) is 5.91 Å². The van der Waals surface area contributed by atoms with Crippen molar-refractivity contribution in [3.63, 3.8) is 0 Å². The third-order valence-electron chi connectivity index (χ3n) is 4.51. The van der Waals surface area contributed by atoms with Crippen LogP contribution in [0.15, 0.2) is 30.6 Å². The van der Waals surface area contributed by atoms with E-state index in [1.54, 1.807) is 23.7 Å². The van der Waals surface area contributed by atoms with Gasteiger partial charge in [0.05, 0.1) is 34.7 Å². The van der Waals surface area contributed by atoms with Gasteiger partial charge < -0.3 is 5.32 Å². The number of aryl methyl sites for hydroxylation is 2. The molecule has 2 aromatic heterocycles. The zero-order chi connectivity index (χ0) is 18.3. The molecule has 3 aromatic rings. The van der Waals surface area contributed by atoms with Crippen molar-refractivity contribution in [3.05, 3.63) is 62.3 Å². The molecule has 1 aromatic carbocycles. The van der Waals surface area contributed by atoms with E-state index in [1.165, 1.54) is 0 Å². The van der Waals surface area contributed by atoms with Crippen LogP contribution in [0.4, 0.5) is 0 Å². The van der Waals surface area contributed by atoms with Crippen LogP contribution in [-0.2, 0) is 6.54 Å². The second kappa shape index (κ2) is 6.85. The fourth-order valence-electron chi connectivity index (χ4n) is 2.95. The highest BCUT2D eigenvalue weighted by molar-refractivity contribution is 7.11. The number of nitrogens with one attached hydrogen (secondary N) is 1. The minimum absolute atomic E-state index is 0.0950. The van der Waals surface area contributed by atoms with Gasteiger partial charge in [0.1, 0.15) is 0 Å². The number of benzene rings is 1. The van der Waals surface area contributed by atoms with Crippen LogP contribution in [-0.4, -0.2) is 20.7 Å². The molecule has 1 aliphatic carbocycles. The van der Waals surface area contributed by atoms with Crippen molar-refractivity contribution in [2.24, 2.45) is 0 Å². The highest BCUT2D eigenvalue weighted by Gasteiger charge is 2.33. The molecule has 0 aliphatic heterocycles. The Hall–Kier alpha value is -2.18. The molecule has 4 rings (SSSR count). The van der Waals surface area contributed by atoms with E-state index in [0.717, 1.165) is 39.7 Å². The minimum atomic E-state index is -0.0950. The van der Waals surface area contributed by atoms with Crippen molar-refractivity contribution in [3.8, 4) is 5.69 Å². The molecule has 1 fully saturated rings. The molecule has 5 nitrogen and oxygen atoms in total. The largest absolute Gasteiger partial charge is 0.347 e. The van der Waals surface area contributed by atoms with Crippen LogP contribution in [0.25, 0.3) is 5.69 Å². The average Bonchev–Trinajstić information content (AvgIpc) is 3.22. The maximum atomic E-state index is 12.7. The van der Waals surface area contributed by atoms with Crippen molar-refractivity contribution in [1.29, 1.82) is 0 Å². The first-order valence-electron chi connectivity index (χ1n) is 8.57. The second-order valence-corrected chi connectivity index (χ2v) is 8.32. The van der Waals surface area contributed by atoms with Crippen LogP contribution in [0.3, 0.4) is 0 Å². The summed E-state index contributed by atoms with van der Waals surface area (Å²) in [6.45, 7) is 4.41. The zero-order valence-electron chi connectivity index (χ0n) is 14.6. The zero-order valence-corrected chi connectivity index (χ0v) is 16.2. The van der Waals surface area contributed by atoms with Crippen LogP contribution in [0.2, 0.25) is 5.02 Å². The van der Waals surface area contributed by atoms with Crippen LogP contribution in [0, 0.1) is 13.8 Å². The molecule has 7 heteroatoms. The molecular weight excluding hydrogens is 368 g/mol. The lowest BCUT2D eigenvalue weighted by Gasteiger charge is -2.10. The summed E-state index contributed by atoms with van der Waals surface area (Å²) in [4.78, 5) is 18.0. The van der Waals surface area contributed by atoms with Crippen LogP contribution in [0.5, 0.6) is 0 Å². The first kappa shape index (κ1) is 17.2. The van der Waals surface area contributed by atoms with Gasteiger partial charge in [-0.15, -0.1) is 11.3 Å². The second-order valence-electron chi connectivity index (χ2n) is 6.59. The van der Waals surface area contributed by atoms with Crippen LogP contribution >= 0.6 is 22.9 Å². The van der Waals surface area contributed by atoms with Crippen molar-refractivity contribution in [1.82, 2.24) is 20.1 Å². The van der Waals surface area contributed by atoms with Crippen LogP contribution in [0.1, 0.15) is 50.3 Å². The molecule has 0 saturated heterocycles. The predicted molar refractivity (Wildman–Crippen MR) is 103 cm³/mol. The summed E-state index contributed by atoms with van der Waals surface area (Å²) in [5.41, 5.74) is 3.53. The van der Waals surface area contributed by atoms with E-state index in [9.17, 15) is 4.79 Å². The van der Waals surface area contributed by atoms with Gasteiger partial charge in [0.2, 0.25) is 0 Å². The number of carbonyl (C=O) groups is 1. The lowest BCUT2D eigenvalue weighted by Crippen LogP contribution is -2.23. The molecule has 0 radical (unpaired) electrons. The lowest BCUT2D eigenvalue weighted by atomic mass is 10.1. The Bertz CT molecular complexity index is 974. The fourth-order valence-corrected chi connectivity index (χ4v) is 3.86. The number of hydrogen-bond donors (Lipinski definition) is 1. The average molecular weight is 387 g/mol. The summed E-state index contributed by atoms with van der Waals surface area (Å²) in [5, 5.41) is 9.17. The highest BCUT2D eigenvalue weighted by atomic mass is 35.5. The van der Waals surface area contributed by atoms with Crippen LogP contribution < -0.4 is 5.32 Å². The van der Waals surface area contributed by atoms with E-state index in [2.05, 4.69) is 15.4 Å². The lowest BCUT2D eigenvalue weighted by molar-refractivity contribution is 0.0950. The Morgan fingerprint density at radius 2 is 2.15 bits per heavy atom. The normalized spacial score (nSPS) is 13.8. The standard InChI is InChI=1S/C19H19ClN4OS/c1-11-3-6-14(7-17(11)20)24-18(13-4-5-13)16(10-23-24)19(25)22-9-15-8-21-12(2)26-15/h3,6-8,10,13H,4-5,9H2,1-2H3,(H,22,25). The summed E-state index contributed by atoms with van der Waals surface area (Å²) in [7, 11) is 0. The summed E-state index contributed by atoms with van der Waals surface area (Å²) in [5.74, 6) is 0.284. The van der Waals surface area contributed by atoms with E-state index in [-0.39, 0.29) is 5.91 Å². The molecule has 26 heavy (non-hydrogen) atoms. The number of nitrogens with zero attached hydrogens (tertiary/aromatic N) is 3. The van der Waals surface area contributed by atoms with E-state index in [0.29, 0.717) is 23.0 Å². The number of rotatable bonds is 5. The van der Waals surface area contributed by atoms with Crippen molar-refractivity contribution < 1.29 is 4.79 Å². The number of amides is 1. The first-order chi connectivity index (χ1) is 12.5. The molecule has 0 bridgehead atoms. The molecule has 1 N–H and O–H groups in total. The smallest absolute Gasteiger partial charge is 0.255 e. The first-order valence-corrected chi connectivity index (χ1v) is 9.76. The SMILES string of the molecule is Cc1ncc(CNC(=O)c2cnn(-c3ccc(C)c(Cl)c3)c2C2CC2)s1. The van der Waals surface area contributed by atoms with Gasteiger partial charge in [-0.2, -0.15) is 5.10 Å². The summed E-state index contributed by atoms with van der Waals surface area (Å²) in [6, 6.07) is 5.86. The van der Waals surface area contributed by atoms with E-state index in [4.69, 9.17) is 11.6 Å². The Kier molecular flexibility index (Phi) is 4.54. The molecule has 1 amide bonds. The van der Waals surface area contributed by atoms with E-state index >= 15 is 0 Å². The quantitative estimate of drug-likeness (QED) is 0.706. The van der Waals surface area contributed by atoms with Gasteiger partial charge in [-0.25, -0.2) is 9.67 Å². The molecule has 1 saturated carbocycles.